The molecule has 3 rings (SSSR count). The summed E-state index contributed by atoms with van der Waals surface area (Å²) in [7, 11) is 0. The molecule has 15 heavy (non-hydrogen) atoms. The van der Waals surface area contributed by atoms with E-state index >= 15 is 0 Å². The molecule has 0 spiro atoms. The average molecular weight is 200 g/mol. The van der Waals surface area contributed by atoms with Crippen molar-refractivity contribution < 1.29 is 0 Å². The second kappa shape index (κ2) is 3.38. The van der Waals surface area contributed by atoms with Crippen LogP contribution in [-0.4, -0.2) is 4.98 Å². The molecule has 1 aromatic heterocycles. The molecule has 2 heteroatoms. The molecule has 2 nitrogen and oxygen atoms in total. The summed E-state index contributed by atoms with van der Waals surface area (Å²) in [4.78, 5) is 3.29. The van der Waals surface area contributed by atoms with Crippen LogP contribution in [0, 0.1) is 5.92 Å². The maximum absolute atomic E-state index is 6.29. The van der Waals surface area contributed by atoms with E-state index in [1.165, 1.54) is 35.7 Å². The molecule has 1 aliphatic rings. The van der Waals surface area contributed by atoms with Crippen LogP contribution in [0.2, 0.25) is 0 Å². The molecule has 1 heterocycles. The van der Waals surface area contributed by atoms with Gasteiger partial charge in [-0.2, -0.15) is 0 Å². The van der Waals surface area contributed by atoms with Gasteiger partial charge in [-0.15, -0.1) is 0 Å². The molecule has 0 bridgehead atoms. The number of benzene rings is 1. The van der Waals surface area contributed by atoms with Crippen molar-refractivity contribution in [1.82, 2.24) is 4.98 Å². The van der Waals surface area contributed by atoms with E-state index in [1.54, 1.807) is 0 Å². The van der Waals surface area contributed by atoms with Crippen molar-refractivity contribution in [2.75, 3.05) is 0 Å². The number of rotatable bonds is 2. The van der Waals surface area contributed by atoms with E-state index in [-0.39, 0.29) is 6.04 Å². The molecule has 1 aromatic carbocycles. The van der Waals surface area contributed by atoms with Gasteiger partial charge in [0.1, 0.15) is 0 Å². The second-order valence-electron chi connectivity index (χ2n) is 4.51. The number of aromatic nitrogens is 1. The van der Waals surface area contributed by atoms with Crippen molar-refractivity contribution in [3.05, 3.63) is 36.0 Å². The van der Waals surface area contributed by atoms with Crippen molar-refractivity contribution in [3.8, 4) is 0 Å². The number of aromatic amines is 1. The van der Waals surface area contributed by atoms with Crippen LogP contribution in [0.25, 0.3) is 10.9 Å². The Labute approximate surface area is 89.5 Å². The van der Waals surface area contributed by atoms with Crippen LogP contribution in [0.3, 0.4) is 0 Å². The van der Waals surface area contributed by atoms with Gasteiger partial charge in [-0.1, -0.05) is 24.6 Å². The molecule has 1 saturated carbocycles. The monoisotopic (exact) mass is 200 g/mol. The highest BCUT2D eigenvalue weighted by molar-refractivity contribution is 5.83. The summed E-state index contributed by atoms with van der Waals surface area (Å²) in [5.41, 5.74) is 8.77. The molecule has 78 valence electrons. The van der Waals surface area contributed by atoms with Crippen LogP contribution >= 0.6 is 0 Å². The number of nitrogens with two attached hydrogens (primary N) is 1. The number of para-hydroxylation sites is 1. The van der Waals surface area contributed by atoms with Crippen LogP contribution in [0.4, 0.5) is 0 Å². The van der Waals surface area contributed by atoms with Crippen molar-refractivity contribution in [1.29, 1.82) is 0 Å². The normalized spacial score (nSPS) is 19.0. The lowest BCUT2D eigenvalue weighted by Crippen LogP contribution is -2.26. The van der Waals surface area contributed by atoms with Crippen molar-refractivity contribution in [2.24, 2.45) is 11.7 Å². The minimum Gasteiger partial charge on any atom is -0.361 e. The van der Waals surface area contributed by atoms with E-state index in [9.17, 15) is 0 Å². The second-order valence-corrected chi connectivity index (χ2v) is 4.51. The zero-order chi connectivity index (χ0) is 10.3. The lowest BCUT2D eigenvalue weighted by molar-refractivity contribution is 0.265. The third-order valence-corrected chi connectivity index (χ3v) is 3.64. The molecule has 0 saturated heterocycles. The van der Waals surface area contributed by atoms with Crippen LogP contribution in [0.5, 0.6) is 0 Å². The van der Waals surface area contributed by atoms with Gasteiger partial charge in [0.05, 0.1) is 0 Å². The fraction of sp³-hybridized carbons (Fsp3) is 0.385. The van der Waals surface area contributed by atoms with E-state index in [0.717, 1.165) is 0 Å². The number of H-pyrrole nitrogens is 1. The van der Waals surface area contributed by atoms with Gasteiger partial charge in [0.15, 0.2) is 0 Å². The predicted octanol–water partition coefficient (Wildman–Crippen LogP) is 2.97. The lowest BCUT2D eigenvalue weighted by Gasteiger charge is -2.31. The fourth-order valence-corrected chi connectivity index (χ4v) is 2.42. The predicted molar refractivity (Wildman–Crippen MR) is 62.6 cm³/mol. The van der Waals surface area contributed by atoms with Crippen molar-refractivity contribution >= 4 is 10.9 Å². The summed E-state index contributed by atoms with van der Waals surface area (Å²) in [6, 6.07) is 8.60. The van der Waals surface area contributed by atoms with E-state index in [0.29, 0.717) is 5.92 Å². The molecule has 0 aliphatic heterocycles. The molecule has 0 amide bonds. The Hall–Kier alpha value is -1.28. The summed E-state index contributed by atoms with van der Waals surface area (Å²) in [6.07, 6.45) is 6.01. The molecule has 1 atom stereocenters. The summed E-state index contributed by atoms with van der Waals surface area (Å²) >= 11 is 0. The molecule has 1 aliphatic carbocycles. The largest absolute Gasteiger partial charge is 0.361 e. The van der Waals surface area contributed by atoms with Gasteiger partial charge >= 0.3 is 0 Å². The molecular weight excluding hydrogens is 184 g/mol. The number of hydrogen-bond donors (Lipinski definition) is 2. The molecule has 0 radical (unpaired) electrons. The Bertz CT molecular complexity index is 468. The highest BCUT2D eigenvalue weighted by atomic mass is 14.7. The zero-order valence-corrected chi connectivity index (χ0v) is 8.74. The summed E-state index contributed by atoms with van der Waals surface area (Å²) in [6.45, 7) is 0. The van der Waals surface area contributed by atoms with Crippen LogP contribution in [0.1, 0.15) is 30.9 Å². The minimum absolute atomic E-state index is 0.217. The van der Waals surface area contributed by atoms with Gasteiger partial charge in [-0.05, 0) is 30.4 Å². The van der Waals surface area contributed by atoms with Gasteiger partial charge in [0.25, 0.3) is 0 Å². The van der Waals surface area contributed by atoms with Crippen molar-refractivity contribution in [2.45, 2.75) is 25.3 Å². The fourth-order valence-electron chi connectivity index (χ4n) is 2.42. The standard InChI is InChI=1S/C13H16N2/c14-13(9-4-3-5-9)11-8-15-12-7-2-1-6-10(11)12/h1-2,6-9,13,15H,3-5,14H2/t13-/m1/s1. The van der Waals surface area contributed by atoms with E-state index in [4.69, 9.17) is 5.73 Å². The Morgan fingerprint density at radius 2 is 2.07 bits per heavy atom. The Morgan fingerprint density at radius 1 is 1.27 bits per heavy atom. The maximum Gasteiger partial charge on any atom is 0.0457 e. The SMILES string of the molecule is N[C@@H](c1c[nH]c2ccccc12)C1CCC1. The third kappa shape index (κ3) is 1.37. The molecule has 3 N–H and O–H groups in total. The quantitative estimate of drug-likeness (QED) is 0.768. The van der Waals surface area contributed by atoms with Crippen molar-refractivity contribution in [3.63, 3.8) is 0 Å². The zero-order valence-electron chi connectivity index (χ0n) is 8.74. The topological polar surface area (TPSA) is 41.8 Å². The smallest absolute Gasteiger partial charge is 0.0457 e. The van der Waals surface area contributed by atoms with Crippen LogP contribution < -0.4 is 5.73 Å². The van der Waals surface area contributed by atoms with Crippen LogP contribution in [-0.2, 0) is 0 Å². The van der Waals surface area contributed by atoms with E-state index in [1.807, 2.05) is 0 Å². The van der Waals surface area contributed by atoms with E-state index in [2.05, 4.69) is 35.4 Å². The highest BCUT2D eigenvalue weighted by Gasteiger charge is 2.26. The third-order valence-electron chi connectivity index (χ3n) is 3.64. The van der Waals surface area contributed by atoms with E-state index < -0.39 is 0 Å². The Morgan fingerprint density at radius 3 is 2.80 bits per heavy atom. The minimum atomic E-state index is 0.217. The first-order valence-corrected chi connectivity index (χ1v) is 5.68. The maximum atomic E-state index is 6.29. The highest BCUT2D eigenvalue weighted by Crippen LogP contribution is 2.38. The van der Waals surface area contributed by atoms with Gasteiger partial charge in [-0.25, -0.2) is 0 Å². The first kappa shape index (κ1) is 8.98. The first-order chi connectivity index (χ1) is 7.36. The molecule has 1 fully saturated rings. The van der Waals surface area contributed by atoms with Crippen LogP contribution in [0.15, 0.2) is 30.5 Å². The Balaban J connectivity index is 2.02. The summed E-state index contributed by atoms with van der Waals surface area (Å²) in [5, 5.41) is 1.29. The molecular formula is C13H16N2. The molecule has 0 unspecified atom stereocenters. The van der Waals surface area contributed by atoms with Gasteiger partial charge < -0.3 is 10.7 Å². The average Bonchev–Trinajstić information content (AvgIpc) is 2.58. The Kier molecular flexibility index (Phi) is 2.03. The van der Waals surface area contributed by atoms with Gasteiger partial charge in [0, 0.05) is 23.1 Å². The molecule has 2 aromatic rings. The summed E-state index contributed by atoms with van der Waals surface area (Å²) in [5.74, 6) is 0.698. The summed E-state index contributed by atoms with van der Waals surface area (Å²) < 4.78 is 0. The first-order valence-electron chi connectivity index (χ1n) is 5.68. The van der Waals surface area contributed by atoms with Gasteiger partial charge in [0.2, 0.25) is 0 Å². The lowest BCUT2D eigenvalue weighted by atomic mass is 9.77. The van der Waals surface area contributed by atoms with Gasteiger partial charge in [-0.3, -0.25) is 0 Å². The number of fused-ring (bicyclic) bond motifs is 1. The number of hydrogen-bond acceptors (Lipinski definition) is 1. The number of nitrogens with one attached hydrogen (secondary N) is 1.